The Hall–Kier alpha value is -1.63. The Labute approximate surface area is 112 Å². The number of hydrogen-bond donors (Lipinski definition) is 2. The van der Waals surface area contributed by atoms with E-state index in [0.29, 0.717) is 0 Å². The molecule has 0 saturated carbocycles. The zero-order valence-corrected chi connectivity index (χ0v) is 11.8. The van der Waals surface area contributed by atoms with Crippen LogP contribution < -0.4 is 10.5 Å². The molecule has 0 atom stereocenters. The summed E-state index contributed by atoms with van der Waals surface area (Å²) in [5.74, 6) is -0.303. The predicted molar refractivity (Wildman–Crippen MR) is 70.5 cm³/mol. The van der Waals surface area contributed by atoms with Gasteiger partial charge in [0, 0.05) is 12.8 Å². The van der Waals surface area contributed by atoms with Gasteiger partial charge in [0.25, 0.3) is 0 Å². The van der Waals surface area contributed by atoms with Crippen LogP contribution in [0.1, 0.15) is 5.56 Å². The number of nitriles is 1. The molecule has 1 aromatic rings. The van der Waals surface area contributed by atoms with E-state index in [2.05, 4.69) is 4.72 Å². The van der Waals surface area contributed by atoms with Crippen LogP contribution in [-0.4, -0.2) is 35.4 Å². The van der Waals surface area contributed by atoms with E-state index in [-0.39, 0.29) is 28.4 Å². The number of benzene rings is 1. The van der Waals surface area contributed by atoms with Gasteiger partial charge in [-0.2, -0.15) is 5.26 Å². The van der Waals surface area contributed by atoms with E-state index >= 15 is 0 Å². The highest BCUT2D eigenvalue weighted by atomic mass is 32.2. The maximum absolute atomic E-state index is 11.9. The minimum Gasteiger partial charge on any atom is -0.398 e. The highest BCUT2D eigenvalue weighted by molar-refractivity contribution is 7.91. The lowest BCUT2D eigenvalue weighted by Gasteiger charge is -2.08. The van der Waals surface area contributed by atoms with Crippen LogP contribution in [0.2, 0.25) is 0 Å². The van der Waals surface area contributed by atoms with Gasteiger partial charge in [-0.05, 0) is 18.2 Å². The molecule has 0 saturated heterocycles. The number of sulfonamides is 1. The molecule has 0 fully saturated rings. The molecule has 1 rings (SSSR count). The van der Waals surface area contributed by atoms with E-state index in [1.807, 2.05) is 6.07 Å². The van der Waals surface area contributed by atoms with Crippen molar-refractivity contribution < 1.29 is 16.8 Å². The second kappa shape index (κ2) is 5.56. The Kier molecular flexibility index (Phi) is 4.52. The number of rotatable bonds is 5. The monoisotopic (exact) mass is 303 g/mol. The summed E-state index contributed by atoms with van der Waals surface area (Å²) in [7, 11) is -7.14. The highest BCUT2D eigenvalue weighted by Gasteiger charge is 2.18. The summed E-state index contributed by atoms with van der Waals surface area (Å²) in [6, 6.07) is 5.60. The first-order chi connectivity index (χ1) is 8.65. The second-order valence-corrected chi connectivity index (χ2v) is 7.89. The lowest BCUT2D eigenvalue weighted by Crippen LogP contribution is -2.29. The Bertz CT molecular complexity index is 718. The molecule has 7 nitrogen and oxygen atoms in total. The molecule has 0 radical (unpaired) electrons. The minimum atomic E-state index is -3.89. The third-order valence-electron chi connectivity index (χ3n) is 2.19. The van der Waals surface area contributed by atoms with E-state index in [0.717, 1.165) is 6.26 Å². The number of hydrogen-bond acceptors (Lipinski definition) is 6. The number of nitrogens with zero attached hydrogens (tertiary/aromatic N) is 1. The summed E-state index contributed by atoms with van der Waals surface area (Å²) < 4.78 is 47.7. The molecule has 0 heterocycles. The number of sulfone groups is 1. The van der Waals surface area contributed by atoms with Gasteiger partial charge in [0.15, 0.2) is 0 Å². The molecule has 0 amide bonds. The molecule has 104 valence electrons. The van der Waals surface area contributed by atoms with Crippen LogP contribution in [0, 0.1) is 11.3 Å². The fourth-order valence-corrected chi connectivity index (χ4v) is 3.05. The van der Waals surface area contributed by atoms with Crippen molar-refractivity contribution in [1.29, 1.82) is 5.26 Å². The van der Waals surface area contributed by atoms with Crippen molar-refractivity contribution in [3.63, 3.8) is 0 Å². The molecule has 3 N–H and O–H groups in total. The van der Waals surface area contributed by atoms with Crippen molar-refractivity contribution >= 4 is 25.5 Å². The molecular weight excluding hydrogens is 290 g/mol. The van der Waals surface area contributed by atoms with Crippen LogP contribution in [-0.2, 0) is 19.9 Å². The second-order valence-electron chi connectivity index (χ2n) is 3.89. The average molecular weight is 303 g/mol. The average Bonchev–Trinajstić information content (AvgIpc) is 2.26. The maximum atomic E-state index is 11.9. The topological polar surface area (TPSA) is 130 Å². The minimum absolute atomic E-state index is 0.0640. The normalized spacial score (nSPS) is 12.0. The fourth-order valence-electron chi connectivity index (χ4n) is 1.30. The van der Waals surface area contributed by atoms with Gasteiger partial charge >= 0.3 is 0 Å². The van der Waals surface area contributed by atoms with E-state index in [9.17, 15) is 16.8 Å². The Balaban J connectivity index is 2.93. The van der Waals surface area contributed by atoms with Crippen LogP contribution in [0.3, 0.4) is 0 Å². The van der Waals surface area contributed by atoms with Gasteiger partial charge in [-0.15, -0.1) is 0 Å². The summed E-state index contributed by atoms with van der Waals surface area (Å²) in [4.78, 5) is -0.181. The molecule has 9 heteroatoms. The van der Waals surface area contributed by atoms with Gasteiger partial charge in [-0.25, -0.2) is 21.6 Å². The van der Waals surface area contributed by atoms with Crippen LogP contribution in [0.25, 0.3) is 0 Å². The smallest absolute Gasteiger partial charge is 0.242 e. The van der Waals surface area contributed by atoms with Crippen LogP contribution in [0.15, 0.2) is 23.1 Å². The van der Waals surface area contributed by atoms with Crippen molar-refractivity contribution in [2.75, 3.05) is 24.3 Å². The van der Waals surface area contributed by atoms with Gasteiger partial charge < -0.3 is 5.73 Å². The van der Waals surface area contributed by atoms with Crippen LogP contribution >= 0.6 is 0 Å². The SMILES string of the molecule is CS(=O)(=O)CCNS(=O)(=O)c1ccc(C#N)cc1N. The largest absolute Gasteiger partial charge is 0.398 e. The summed E-state index contributed by atoms with van der Waals surface area (Å²) in [6.07, 6.45) is 1.01. The van der Waals surface area contributed by atoms with Gasteiger partial charge in [0.2, 0.25) is 10.0 Å². The van der Waals surface area contributed by atoms with Crippen LogP contribution in [0.4, 0.5) is 5.69 Å². The molecule has 0 aliphatic carbocycles. The lowest BCUT2D eigenvalue weighted by molar-refractivity contribution is 0.582. The zero-order valence-electron chi connectivity index (χ0n) is 10.1. The molecular formula is C10H13N3O4S2. The first-order valence-corrected chi connectivity index (χ1v) is 8.67. The van der Waals surface area contributed by atoms with Gasteiger partial charge in [0.05, 0.1) is 23.1 Å². The highest BCUT2D eigenvalue weighted by Crippen LogP contribution is 2.19. The van der Waals surface area contributed by atoms with Gasteiger partial charge in [-0.3, -0.25) is 0 Å². The molecule has 0 aliphatic heterocycles. The third-order valence-corrected chi connectivity index (χ3v) is 4.67. The molecule has 0 unspecified atom stereocenters. The molecule has 0 aliphatic rings. The molecule has 1 aromatic carbocycles. The summed E-state index contributed by atoms with van der Waals surface area (Å²) >= 11 is 0. The van der Waals surface area contributed by atoms with Crippen molar-refractivity contribution in [3.8, 4) is 6.07 Å². The third kappa shape index (κ3) is 4.51. The van der Waals surface area contributed by atoms with E-state index in [1.54, 1.807) is 0 Å². The Morgan fingerprint density at radius 1 is 1.32 bits per heavy atom. The van der Waals surface area contributed by atoms with Crippen molar-refractivity contribution in [2.45, 2.75) is 4.90 Å². The number of nitrogens with one attached hydrogen (secondary N) is 1. The quantitative estimate of drug-likeness (QED) is 0.703. The van der Waals surface area contributed by atoms with Gasteiger partial charge in [0.1, 0.15) is 14.7 Å². The zero-order chi connectivity index (χ0) is 14.7. The Morgan fingerprint density at radius 2 is 1.95 bits per heavy atom. The summed E-state index contributed by atoms with van der Waals surface area (Å²) in [5, 5.41) is 8.65. The predicted octanol–water partition coefficient (Wildman–Crippen LogP) is -0.537. The molecule has 0 bridgehead atoms. The van der Waals surface area contributed by atoms with Crippen molar-refractivity contribution in [1.82, 2.24) is 4.72 Å². The van der Waals surface area contributed by atoms with Crippen LogP contribution in [0.5, 0.6) is 0 Å². The Morgan fingerprint density at radius 3 is 2.42 bits per heavy atom. The van der Waals surface area contributed by atoms with E-state index < -0.39 is 19.9 Å². The maximum Gasteiger partial charge on any atom is 0.242 e. The van der Waals surface area contributed by atoms with Crippen molar-refractivity contribution in [3.05, 3.63) is 23.8 Å². The first-order valence-electron chi connectivity index (χ1n) is 5.13. The number of nitrogens with two attached hydrogens (primary N) is 1. The number of anilines is 1. The van der Waals surface area contributed by atoms with Gasteiger partial charge in [-0.1, -0.05) is 0 Å². The molecule has 0 aromatic heterocycles. The summed E-state index contributed by atoms with van der Waals surface area (Å²) in [5.41, 5.74) is 5.73. The first kappa shape index (κ1) is 15.4. The van der Waals surface area contributed by atoms with Crippen molar-refractivity contribution in [2.24, 2.45) is 0 Å². The standard InChI is InChI=1S/C10H13N3O4S2/c1-18(14,15)5-4-13-19(16,17)10-3-2-8(7-11)6-9(10)12/h2-3,6,13H,4-5,12H2,1H3. The lowest BCUT2D eigenvalue weighted by atomic mass is 10.2. The fraction of sp³-hybridized carbons (Fsp3) is 0.300. The van der Waals surface area contributed by atoms with E-state index in [1.165, 1.54) is 18.2 Å². The summed E-state index contributed by atoms with van der Waals surface area (Å²) in [6.45, 7) is -0.236. The molecule has 19 heavy (non-hydrogen) atoms. The van der Waals surface area contributed by atoms with E-state index in [4.69, 9.17) is 11.0 Å². The molecule has 0 spiro atoms. The number of nitrogen functional groups attached to an aromatic ring is 1.